The van der Waals surface area contributed by atoms with Gasteiger partial charge in [-0.3, -0.25) is 0 Å². The number of ether oxygens (including phenoxy) is 2. The summed E-state index contributed by atoms with van der Waals surface area (Å²) in [4.78, 5) is 3.49. The minimum atomic E-state index is -4.56. The average Bonchev–Trinajstić information content (AvgIpc) is 2.93. The molecular formula is C13H14F3N3O2. The molecule has 1 aromatic heterocycles. The van der Waals surface area contributed by atoms with Crippen LogP contribution in [0.1, 0.15) is 17.7 Å². The second kappa shape index (κ2) is 5.87. The van der Waals surface area contributed by atoms with Gasteiger partial charge in [0.2, 0.25) is 0 Å². The van der Waals surface area contributed by atoms with E-state index in [9.17, 15) is 13.2 Å². The van der Waals surface area contributed by atoms with Gasteiger partial charge < -0.3 is 14.8 Å². The van der Waals surface area contributed by atoms with Gasteiger partial charge in [0.25, 0.3) is 0 Å². The minimum absolute atomic E-state index is 0.0492. The topological polar surface area (TPSA) is 67.2 Å². The Morgan fingerprint density at radius 1 is 1.52 bits per heavy atom. The van der Waals surface area contributed by atoms with Gasteiger partial charge in [-0.15, -0.1) is 0 Å². The van der Waals surface area contributed by atoms with Crippen molar-refractivity contribution < 1.29 is 22.6 Å². The molecule has 1 atom stereocenters. The molecule has 1 aromatic rings. The summed E-state index contributed by atoms with van der Waals surface area (Å²) in [6.45, 7) is 1.08. The van der Waals surface area contributed by atoms with Crippen molar-refractivity contribution in [2.75, 3.05) is 32.2 Å². The summed E-state index contributed by atoms with van der Waals surface area (Å²) in [7, 11) is 1.52. The summed E-state index contributed by atoms with van der Waals surface area (Å²) < 4.78 is 48.6. The number of alkyl halides is 3. The molecule has 0 bridgehead atoms. The zero-order valence-electron chi connectivity index (χ0n) is 11.3. The Kier molecular flexibility index (Phi) is 4.34. The third kappa shape index (κ3) is 3.43. The number of anilines is 1. The quantitative estimate of drug-likeness (QED) is 0.923. The Balaban J connectivity index is 2.20. The van der Waals surface area contributed by atoms with Crippen molar-refractivity contribution >= 4 is 5.82 Å². The van der Waals surface area contributed by atoms with Crippen LogP contribution in [0.3, 0.4) is 0 Å². The van der Waals surface area contributed by atoms with Crippen LogP contribution in [0.25, 0.3) is 0 Å². The SMILES string of the molecule is COC1(CNc2nc(C(F)(F)F)ccc2C#N)CCOC1. The number of hydrogen-bond donors (Lipinski definition) is 1. The first-order valence-corrected chi connectivity index (χ1v) is 6.25. The standard InChI is InChI=1S/C13H14F3N3O2/c1-20-12(4-5-21-8-12)7-18-11-9(6-17)2-3-10(19-11)13(14,15)16/h2-3H,4-5,7-8H2,1H3,(H,18,19). The van der Waals surface area contributed by atoms with Crippen molar-refractivity contribution in [3.63, 3.8) is 0 Å². The fourth-order valence-electron chi connectivity index (χ4n) is 2.05. The van der Waals surface area contributed by atoms with Gasteiger partial charge in [-0.1, -0.05) is 0 Å². The molecule has 0 spiro atoms. The highest BCUT2D eigenvalue weighted by Crippen LogP contribution is 2.30. The van der Waals surface area contributed by atoms with E-state index < -0.39 is 17.5 Å². The molecular weight excluding hydrogens is 287 g/mol. The second-order valence-electron chi connectivity index (χ2n) is 4.75. The zero-order valence-corrected chi connectivity index (χ0v) is 11.3. The molecule has 1 aliphatic rings. The number of hydrogen-bond acceptors (Lipinski definition) is 5. The van der Waals surface area contributed by atoms with Crippen LogP contribution < -0.4 is 5.32 Å². The van der Waals surface area contributed by atoms with Crippen LogP contribution in [0, 0.1) is 11.3 Å². The Morgan fingerprint density at radius 2 is 2.29 bits per heavy atom. The van der Waals surface area contributed by atoms with E-state index in [0.717, 1.165) is 12.1 Å². The number of nitrogens with zero attached hydrogens (tertiary/aromatic N) is 2. The molecule has 5 nitrogen and oxygen atoms in total. The number of halogens is 3. The van der Waals surface area contributed by atoms with Gasteiger partial charge in [-0.25, -0.2) is 4.98 Å². The fourth-order valence-corrected chi connectivity index (χ4v) is 2.05. The highest BCUT2D eigenvalue weighted by Gasteiger charge is 2.36. The first-order chi connectivity index (χ1) is 9.90. The lowest BCUT2D eigenvalue weighted by molar-refractivity contribution is -0.141. The first-order valence-electron chi connectivity index (χ1n) is 6.25. The third-order valence-electron chi connectivity index (χ3n) is 3.38. The monoisotopic (exact) mass is 301 g/mol. The lowest BCUT2D eigenvalue weighted by Gasteiger charge is -2.26. The Bertz CT molecular complexity index is 549. The van der Waals surface area contributed by atoms with Crippen LogP contribution in [0.2, 0.25) is 0 Å². The maximum Gasteiger partial charge on any atom is 0.433 e. The van der Waals surface area contributed by atoms with Crippen molar-refractivity contribution in [1.82, 2.24) is 4.98 Å². The maximum absolute atomic E-state index is 12.7. The van der Waals surface area contributed by atoms with Crippen LogP contribution in [-0.4, -0.2) is 37.5 Å². The summed E-state index contributed by atoms with van der Waals surface area (Å²) in [5, 5.41) is 11.7. The van der Waals surface area contributed by atoms with E-state index in [1.165, 1.54) is 7.11 Å². The van der Waals surface area contributed by atoms with E-state index in [-0.39, 0.29) is 17.9 Å². The second-order valence-corrected chi connectivity index (χ2v) is 4.75. The van der Waals surface area contributed by atoms with Gasteiger partial charge >= 0.3 is 6.18 Å². The van der Waals surface area contributed by atoms with E-state index in [1.54, 1.807) is 0 Å². The lowest BCUT2D eigenvalue weighted by atomic mass is 10.0. The average molecular weight is 301 g/mol. The van der Waals surface area contributed by atoms with E-state index in [4.69, 9.17) is 14.7 Å². The van der Waals surface area contributed by atoms with Crippen LogP contribution in [0.4, 0.5) is 19.0 Å². The van der Waals surface area contributed by atoms with Crippen LogP contribution in [0.5, 0.6) is 0 Å². The van der Waals surface area contributed by atoms with Gasteiger partial charge in [-0.05, 0) is 12.1 Å². The fraction of sp³-hybridized carbons (Fsp3) is 0.538. The number of nitrogens with one attached hydrogen (secondary N) is 1. The highest BCUT2D eigenvalue weighted by atomic mass is 19.4. The smallest absolute Gasteiger partial charge is 0.378 e. The molecule has 1 saturated heterocycles. The molecule has 1 N–H and O–H groups in total. The zero-order chi connectivity index (χ0) is 15.5. The summed E-state index contributed by atoms with van der Waals surface area (Å²) in [5.74, 6) is -0.101. The van der Waals surface area contributed by atoms with E-state index >= 15 is 0 Å². The Hall–Kier alpha value is -1.85. The summed E-state index contributed by atoms with van der Waals surface area (Å²) >= 11 is 0. The molecule has 0 aliphatic carbocycles. The molecule has 0 amide bonds. The number of rotatable bonds is 4. The Labute approximate surface area is 119 Å². The lowest BCUT2D eigenvalue weighted by Crippen LogP contribution is -2.40. The van der Waals surface area contributed by atoms with Crippen LogP contribution in [-0.2, 0) is 15.7 Å². The minimum Gasteiger partial charge on any atom is -0.378 e. The van der Waals surface area contributed by atoms with Gasteiger partial charge in [0.1, 0.15) is 23.2 Å². The normalized spacial score (nSPS) is 22.0. The van der Waals surface area contributed by atoms with Crippen molar-refractivity contribution in [3.05, 3.63) is 23.4 Å². The summed E-state index contributed by atoms with van der Waals surface area (Å²) in [5.41, 5.74) is -1.60. The van der Waals surface area contributed by atoms with Gasteiger partial charge in [0.05, 0.1) is 12.2 Å². The highest BCUT2D eigenvalue weighted by molar-refractivity contribution is 5.52. The maximum atomic E-state index is 12.7. The van der Waals surface area contributed by atoms with Gasteiger partial charge in [0, 0.05) is 26.7 Å². The third-order valence-corrected chi connectivity index (χ3v) is 3.38. The van der Waals surface area contributed by atoms with Crippen molar-refractivity contribution in [2.45, 2.75) is 18.2 Å². The molecule has 0 aromatic carbocycles. The summed E-state index contributed by atoms with van der Waals surface area (Å²) in [6.07, 6.45) is -3.93. The van der Waals surface area contributed by atoms with Crippen molar-refractivity contribution in [2.24, 2.45) is 0 Å². The van der Waals surface area contributed by atoms with Gasteiger partial charge in [0.15, 0.2) is 0 Å². The molecule has 2 heterocycles. The molecule has 1 unspecified atom stereocenters. The molecule has 114 valence electrons. The molecule has 0 saturated carbocycles. The number of methoxy groups -OCH3 is 1. The predicted octanol–water partition coefficient (Wildman–Crippen LogP) is 2.19. The van der Waals surface area contributed by atoms with E-state index in [1.807, 2.05) is 6.07 Å². The number of nitriles is 1. The first kappa shape index (κ1) is 15.5. The Morgan fingerprint density at radius 3 is 2.81 bits per heavy atom. The molecule has 1 fully saturated rings. The van der Waals surface area contributed by atoms with Crippen LogP contribution >= 0.6 is 0 Å². The van der Waals surface area contributed by atoms with Crippen molar-refractivity contribution in [1.29, 1.82) is 5.26 Å². The van der Waals surface area contributed by atoms with Crippen LogP contribution in [0.15, 0.2) is 12.1 Å². The number of aromatic nitrogens is 1. The molecule has 21 heavy (non-hydrogen) atoms. The predicted molar refractivity (Wildman–Crippen MR) is 67.6 cm³/mol. The van der Waals surface area contributed by atoms with E-state index in [0.29, 0.717) is 19.6 Å². The van der Waals surface area contributed by atoms with Crippen molar-refractivity contribution in [3.8, 4) is 6.07 Å². The van der Waals surface area contributed by atoms with E-state index in [2.05, 4.69) is 10.3 Å². The number of pyridine rings is 1. The molecule has 0 radical (unpaired) electrons. The molecule has 1 aliphatic heterocycles. The molecule has 2 rings (SSSR count). The molecule has 8 heteroatoms. The van der Waals surface area contributed by atoms with Gasteiger partial charge in [-0.2, -0.15) is 18.4 Å². The summed E-state index contributed by atoms with van der Waals surface area (Å²) in [6, 6.07) is 3.70. The largest absolute Gasteiger partial charge is 0.433 e.